The van der Waals surface area contributed by atoms with Crippen LogP contribution < -0.4 is 14.2 Å². The summed E-state index contributed by atoms with van der Waals surface area (Å²) in [7, 11) is -1.05. The number of benzene rings is 1. The number of hydrogen-bond acceptors (Lipinski definition) is 9. The molecule has 4 rings (SSSR count). The average molecular weight is 549 g/mol. The van der Waals surface area contributed by atoms with Gasteiger partial charge in [-0.15, -0.1) is 10.2 Å². The Morgan fingerprint density at radius 2 is 1.71 bits per heavy atom. The maximum absolute atomic E-state index is 13.3. The number of methoxy groups -OCH3 is 2. The van der Waals surface area contributed by atoms with E-state index in [1.807, 2.05) is 26.8 Å². The fourth-order valence-electron chi connectivity index (χ4n) is 3.50. The molecule has 0 unspecified atom stereocenters. The van der Waals surface area contributed by atoms with Gasteiger partial charge in [-0.3, -0.25) is 9.29 Å². The second-order valence-electron chi connectivity index (χ2n) is 7.79. The van der Waals surface area contributed by atoms with E-state index in [1.165, 1.54) is 25.7 Å². The van der Waals surface area contributed by atoms with Crippen LogP contribution in [-0.4, -0.2) is 52.6 Å². The molecule has 0 aliphatic carbocycles. The summed E-state index contributed by atoms with van der Waals surface area (Å²) in [5.74, 6) is 1.61. The molecule has 0 fully saturated rings. The molecule has 0 aliphatic rings. The first-order valence-corrected chi connectivity index (χ1v) is 13.6. The zero-order valence-corrected chi connectivity index (χ0v) is 22.9. The van der Waals surface area contributed by atoms with Crippen LogP contribution in [0.2, 0.25) is 0 Å². The largest absolute Gasteiger partial charge is 0.494 e. The van der Waals surface area contributed by atoms with Crippen molar-refractivity contribution in [2.75, 3.05) is 18.9 Å². The number of hydrogen-bond donors (Lipinski definition) is 1. The minimum absolute atomic E-state index is 0. The molecule has 1 N–H and O–H groups in total. The molecule has 1 atom stereocenters. The standard InChI is InChI=1S/C23H25FN6O5S.C2H6.H2/c1-5-16-9-10-19(35-16)22-27-28-23(30(22)21-17(33-3)7-6-8-18(21)34-4)29-36(31,32)14(2)11-20-25-12-15(24)13-26-20;1-2;/h6-10,12-14H,5,11H2,1-4H3,(H,28,29);1-2H3;1H/t14-;;/m0../s1. The molecule has 11 nitrogen and oxygen atoms in total. The van der Waals surface area contributed by atoms with Gasteiger partial charge in [0.15, 0.2) is 11.6 Å². The number of nitrogens with one attached hydrogen (secondary N) is 1. The topological polar surface area (TPSA) is 134 Å². The Hall–Kier alpha value is -4.00. The molecule has 3 heterocycles. The van der Waals surface area contributed by atoms with Crippen LogP contribution in [0.25, 0.3) is 17.3 Å². The van der Waals surface area contributed by atoms with Crippen LogP contribution in [0.1, 0.15) is 40.7 Å². The van der Waals surface area contributed by atoms with Crippen LogP contribution in [0.5, 0.6) is 11.5 Å². The third-order valence-electron chi connectivity index (χ3n) is 5.43. The molecule has 0 radical (unpaired) electrons. The lowest BCUT2D eigenvalue weighted by Gasteiger charge is -2.18. The molecule has 38 heavy (non-hydrogen) atoms. The van der Waals surface area contributed by atoms with E-state index in [0.717, 1.165) is 18.2 Å². The number of sulfonamides is 1. The van der Waals surface area contributed by atoms with Crippen LogP contribution in [-0.2, 0) is 22.9 Å². The van der Waals surface area contributed by atoms with Crippen LogP contribution in [0, 0.1) is 5.82 Å². The third kappa shape index (κ3) is 6.10. The van der Waals surface area contributed by atoms with Crippen molar-refractivity contribution >= 4 is 16.0 Å². The summed E-state index contributed by atoms with van der Waals surface area (Å²) < 4.78 is 60.6. The SMILES string of the molecule is CC.CCc1ccc(-c2nnc(NS(=O)(=O)[C@@H](C)Cc3ncc(F)cn3)n2-c2c(OC)cccc2OC)o1.[HH]. The number of furan rings is 1. The third-order valence-corrected chi connectivity index (χ3v) is 7.12. The summed E-state index contributed by atoms with van der Waals surface area (Å²) >= 11 is 0. The molecular formula is C25H33FN6O5S. The number of anilines is 1. The molecule has 3 aromatic heterocycles. The minimum Gasteiger partial charge on any atom is -0.494 e. The summed E-state index contributed by atoms with van der Waals surface area (Å²) in [6.45, 7) is 7.43. The Bertz CT molecular complexity index is 1440. The Morgan fingerprint density at radius 3 is 2.26 bits per heavy atom. The predicted molar refractivity (Wildman–Crippen MR) is 143 cm³/mol. The van der Waals surface area contributed by atoms with Crippen molar-refractivity contribution in [3.63, 3.8) is 0 Å². The molecule has 0 saturated carbocycles. The highest BCUT2D eigenvalue weighted by Gasteiger charge is 2.29. The van der Waals surface area contributed by atoms with Gasteiger partial charge in [-0.2, -0.15) is 0 Å². The molecule has 13 heteroatoms. The van der Waals surface area contributed by atoms with Crippen molar-refractivity contribution in [2.45, 2.75) is 45.8 Å². The smallest absolute Gasteiger partial charge is 0.243 e. The van der Waals surface area contributed by atoms with Crippen molar-refractivity contribution in [2.24, 2.45) is 0 Å². The van der Waals surface area contributed by atoms with E-state index < -0.39 is 21.1 Å². The summed E-state index contributed by atoms with van der Waals surface area (Å²) in [5.41, 5.74) is 0.379. The average Bonchev–Trinajstić information content (AvgIpc) is 3.57. The van der Waals surface area contributed by atoms with Crippen molar-refractivity contribution in [1.29, 1.82) is 0 Å². The summed E-state index contributed by atoms with van der Waals surface area (Å²) in [6.07, 6.45) is 2.58. The maximum atomic E-state index is 13.3. The van der Waals surface area contributed by atoms with Crippen LogP contribution in [0.15, 0.2) is 47.1 Å². The number of aryl methyl sites for hydroxylation is 1. The molecule has 0 spiro atoms. The van der Waals surface area contributed by atoms with E-state index in [9.17, 15) is 12.8 Å². The fraction of sp³-hybridized carbons (Fsp3) is 0.360. The summed E-state index contributed by atoms with van der Waals surface area (Å²) in [5, 5.41) is 7.34. The van der Waals surface area contributed by atoms with Crippen molar-refractivity contribution in [1.82, 2.24) is 24.7 Å². The van der Waals surface area contributed by atoms with Gasteiger partial charge in [0.05, 0.1) is 31.9 Å². The molecule has 0 amide bonds. The quantitative estimate of drug-likeness (QED) is 0.300. The normalized spacial score (nSPS) is 11.9. The van der Waals surface area contributed by atoms with Crippen molar-refractivity contribution in [3.8, 4) is 28.8 Å². The highest BCUT2D eigenvalue weighted by molar-refractivity contribution is 7.93. The van der Waals surface area contributed by atoms with E-state index in [1.54, 1.807) is 24.3 Å². The van der Waals surface area contributed by atoms with E-state index in [2.05, 4.69) is 24.9 Å². The summed E-state index contributed by atoms with van der Waals surface area (Å²) in [6, 6.07) is 8.68. The van der Waals surface area contributed by atoms with Crippen LogP contribution >= 0.6 is 0 Å². The van der Waals surface area contributed by atoms with Crippen LogP contribution in [0.4, 0.5) is 10.3 Å². The van der Waals surface area contributed by atoms with Gasteiger partial charge >= 0.3 is 0 Å². The Balaban J connectivity index is 0.00000174. The number of rotatable bonds is 10. The van der Waals surface area contributed by atoms with Gasteiger partial charge in [0.2, 0.25) is 21.8 Å². The lowest BCUT2D eigenvalue weighted by Crippen LogP contribution is -2.29. The van der Waals surface area contributed by atoms with Crippen molar-refractivity contribution < 1.29 is 28.1 Å². The minimum atomic E-state index is -4.02. The monoisotopic (exact) mass is 548 g/mol. The number of ether oxygens (including phenoxy) is 2. The zero-order valence-electron chi connectivity index (χ0n) is 22.1. The van der Waals surface area contributed by atoms with Gasteiger partial charge < -0.3 is 13.9 Å². The van der Waals surface area contributed by atoms with Gasteiger partial charge in [-0.05, 0) is 31.2 Å². The second kappa shape index (κ2) is 12.5. The fourth-order valence-corrected chi connectivity index (χ4v) is 4.46. The highest BCUT2D eigenvalue weighted by atomic mass is 32.2. The Kier molecular flexibility index (Phi) is 9.40. The molecule has 206 valence electrons. The summed E-state index contributed by atoms with van der Waals surface area (Å²) in [4.78, 5) is 7.69. The zero-order chi connectivity index (χ0) is 27.9. The first kappa shape index (κ1) is 28.6. The number of nitrogens with zero attached hydrogens (tertiary/aromatic N) is 5. The molecule has 1 aromatic carbocycles. The van der Waals surface area contributed by atoms with Crippen molar-refractivity contribution in [3.05, 3.63) is 60.1 Å². The molecule has 0 bridgehead atoms. The predicted octanol–water partition coefficient (Wildman–Crippen LogP) is 4.68. The number of para-hydroxylation sites is 1. The van der Waals surface area contributed by atoms with Gasteiger partial charge in [0.1, 0.15) is 28.8 Å². The maximum Gasteiger partial charge on any atom is 0.243 e. The second-order valence-corrected chi connectivity index (χ2v) is 9.89. The van der Waals surface area contributed by atoms with Gasteiger partial charge in [0.25, 0.3) is 0 Å². The lowest BCUT2D eigenvalue weighted by atomic mass is 10.2. The Morgan fingerprint density at radius 1 is 1.08 bits per heavy atom. The molecular weight excluding hydrogens is 515 g/mol. The number of aromatic nitrogens is 5. The van der Waals surface area contributed by atoms with E-state index in [-0.39, 0.29) is 25.4 Å². The lowest BCUT2D eigenvalue weighted by molar-refractivity contribution is 0.391. The van der Waals surface area contributed by atoms with Gasteiger partial charge in [0, 0.05) is 14.3 Å². The van der Waals surface area contributed by atoms with Crippen LogP contribution in [0.3, 0.4) is 0 Å². The van der Waals surface area contributed by atoms with Gasteiger partial charge in [-0.25, -0.2) is 22.8 Å². The molecule has 0 aliphatic heterocycles. The first-order chi connectivity index (χ1) is 18.3. The number of halogens is 1. The Labute approximate surface area is 222 Å². The van der Waals surface area contributed by atoms with Gasteiger partial charge in [-0.1, -0.05) is 26.8 Å². The first-order valence-electron chi connectivity index (χ1n) is 12.0. The molecule has 4 aromatic rings. The highest BCUT2D eigenvalue weighted by Crippen LogP contribution is 2.38. The van der Waals surface area contributed by atoms with E-state index >= 15 is 0 Å². The van der Waals surface area contributed by atoms with E-state index in [4.69, 9.17) is 13.9 Å². The molecule has 0 saturated heterocycles. The van der Waals surface area contributed by atoms with E-state index in [0.29, 0.717) is 29.4 Å².